The van der Waals surface area contributed by atoms with Crippen molar-refractivity contribution >= 4 is 0 Å². The molecule has 0 bridgehead atoms. The average molecular weight is 835 g/mol. The second-order valence-corrected chi connectivity index (χ2v) is 20.7. The van der Waals surface area contributed by atoms with Gasteiger partial charge in [0.1, 0.15) is 0 Å². The van der Waals surface area contributed by atoms with E-state index in [4.69, 9.17) is 18.9 Å². The minimum atomic E-state index is 0.121. The van der Waals surface area contributed by atoms with Crippen molar-refractivity contribution in [2.24, 2.45) is 40.9 Å². The van der Waals surface area contributed by atoms with Crippen LogP contribution in [0.4, 0.5) is 0 Å². The monoisotopic (exact) mass is 835 g/mol. The fourth-order valence-electron chi connectivity index (χ4n) is 12.3. The summed E-state index contributed by atoms with van der Waals surface area (Å²) in [6.07, 6.45) is 49.6. The summed E-state index contributed by atoms with van der Waals surface area (Å²) in [5, 5.41) is 0. The highest BCUT2D eigenvalue weighted by Crippen LogP contribution is 2.62. The van der Waals surface area contributed by atoms with E-state index in [0.29, 0.717) is 44.6 Å². The van der Waals surface area contributed by atoms with Crippen LogP contribution in [0.1, 0.15) is 195 Å². The molecule has 4 fully saturated rings. The molecule has 5 unspecified atom stereocenters. The minimum absolute atomic E-state index is 0.121. The Hall–Kier alpha value is -0.980. The van der Waals surface area contributed by atoms with Gasteiger partial charge in [-0.15, -0.1) is 0 Å². The number of likely N-dealkylation sites (tertiary alicyclic amines) is 1. The molecule has 345 valence electrons. The quantitative estimate of drug-likeness (QED) is 0.0499. The Morgan fingerprint density at radius 3 is 2.27 bits per heavy atom. The predicted molar refractivity (Wildman–Crippen MR) is 254 cm³/mol. The van der Waals surface area contributed by atoms with E-state index in [9.17, 15) is 0 Å². The lowest BCUT2D eigenvalue weighted by molar-refractivity contribution is -0.0654. The van der Waals surface area contributed by atoms with Crippen LogP contribution in [0.5, 0.6) is 0 Å². The van der Waals surface area contributed by atoms with Gasteiger partial charge in [-0.25, -0.2) is 0 Å². The minimum Gasteiger partial charge on any atom is -0.379 e. The van der Waals surface area contributed by atoms with Crippen LogP contribution in [0.3, 0.4) is 0 Å². The Morgan fingerprint density at radius 2 is 1.47 bits per heavy atom. The highest BCUT2D eigenvalue weighted by molar-refractivity contribution is 5.25. The lowest BCUT2D eigenvalue weighted by atomic mass is 9.50. The molecule has 1 aliphatic heterocycles. The van der Waals surface area contributed by atoms with Crippen molar-refractivity contribution in [3.05, 3.63) is 42.4 Å². The smallest absolute Gasteiger partial charge is 0.0936 e. The van der Waals surface area contributed by atoms with Crippen LogP contribution in [-0.4, -0.2) is 76.4 Å². The zero-order valence-electron chi connectivity index (χ0n) is 39.9. The standard InChI is InChI=1S/C55H96NO4/c1-5-6-7-8-9-10-11-12-13-14-15-16-17-18-19-25-38-58-45-50(44-56-36-23-20-24-37-56)60-42-40-57-39-41-59-49-34-35-55(4)48(43-49)29-31-53-52-30-28-47(27-22-21-26-46(2)3)51(52)32-33-54(53)55/h9-10,12-13,27,29,46-47,49-54H,5-8,11,14-26,28,30-45H2,1-4H3/b10-9-,13-12-/t47-,49-,50?,51?,52?,53?,54?,55-/m0/s1. The maximum atomic E-state index is 6.49. The van der Waals surface area contributed by atoms with E-state index in [0.717, 1.165) is 67.9 Å². The summed E-state index contributed by atoms with van der Waals surface area (Å²) < 4.78 is 25.2. The third kappa shape index (κ3) is 17.5. The van der Waals surface area contributed by atoms with Crippen molar-refractivity contribution in [3.63, 3.8) is 0 Å². The van der Waals surface area contributed by atoms with Crippen LogP contribution >= 0.6 is 0 Å². The van der Waals surface area contributed by atoms with Crippen LogP contribution in [0.2, 0.25) is 0 Å². The van der Waals surface area contributed by atoms with Gasteiger partial charge in [0.15, 0.2) is 0 Å². The van der Waals surface area contributed by atoms with Crippen molar-refractivity contribution in [3.8, 4) is 0 Å². The first-order chi connectivity index (χ1) is 29.5. The van der Waals surface area contributed by atoms with E-state index in [1.807, 2.05) is 0 Å². The summed E-state index contributed by atoms with van der Waals surface area (Å²) >= 11 is 0. The van der Waals surface area contributed by atoms with Crippen molar-refractivity contribution in [1.82, 2.24) is 4.90 Å². The van der Waals surface area contributed by atoms with E-state index in [1.54, 1.807) is 5.57 Å². The summed E-state index contributed by atoms with van der Waals surface area (Å²) in [6.45, 7) is 17.1. The van der Waals surface area contributed by atoms with Crippen LogP contribution in [0.15, 0.2) is 36.0 Å². The number of piperidine rings is 1. The van der Waals surface area contributed by atoms with Gasteiger partial charge in [0.2, 0.25) is 0 Å². The Labute approximate surface area is 372 Å². The van der Waals surface area contributed by atoms with E-state index in [1.165, 1.54) is 161 Å². The molecular weight excluding hydrogens is 739 g/mol. The predicted octanol–water partition coefficient (Wildman–Crippen LogP) is 14.3. The van der Waals surface area contributed by atoms with Gasteiger partial charge in [0.25, 0.3) is 0 Å². The first-order valence-corrected chi connectivity index (χ1v) is 26.4. The van der Waals surface area contributed by atoms with E-state index in [2.05, 4.69) is 69.4 Å². The van der Waals surface area contributed by atoms with E-state index >= 15 is 0 Å². The first kappa shape index (κ1) is 50.0. The molecule has 5 heteroatoms. The van der Waals surface area contributed by atoms with Crippen molar-refractivity contribution in [2.45, 2.75) is 207 Å². The summed E-state index contributed by atoms with van der Waals surface area (Å²) in [6, 6.07) is 0. The normalized spacial score (nSPS) is 29.0. The number of nitrogens with zero attached hydrogens (tertiary/aromatic N) is 1. The molecule has 0 N–H and O–H groups in total. The number of hydrogen-bond donors (Lipinski definition) is 0. The number of fused-ring (bicyclic) bond motifs is 5. The lowest BCUT2D eigenvalue weighted by Gasteiger charge is -2.55. The number of unbranched alkanes of at least 4 members (excludes halogenated alkanes) is 10. The van der Waals surface area contributed by atoms with Crippen LogP contribution in [0.25, 0.3) is 0 Å². The van der Waals surface area contributed by atoms with Gasteiger partial charge in [-0.1, -0.05) is 121 Å². The maximum Gasteiger partial charge on any atom is 0.0936 e. The highest BCUT2D eigenvalue weighted by atomic mass is 16.6. The molecule has 5 rings (SSSR count). The van der Waals surface area contributed by atoms with Crippen LogP contribution in [-0.2, 0) is 18.9 Å². The summed E-state index contributed by atoms with van der Waals surface area (Å²) in [5.74, 6) is 5.49. The SMILES string of the molecule is CCCCC/C=C\C/C=C\CCCCCCCCOCC(CN1CCCCC1)OCCOCCO[C@H]1CC[C@@]2(C)C(=CCC3C4CC[C@H]([CH]CCCC(C)C)C4CCC32)C1. The lowest BCUT2D eigenvalue weighted by Crippen LogP contribution is -2.47. The molecule has 0 spiro atoms. The Kier molecular flexibility index (Phi) is 24.6. The fourth-order valence-corrected chi connectivity index (χ4v) is 12.3. The molecule has 0 amide bonds. The van der Waals surface area contributed by atoms with Gasteiger partial charge in [-0.2, -0.15) is 0 Å². The number of allylic oxidation sites excluding steroid dienone is 5. The maximum absolute atomic E-state index is 6.49. The summed E-state index contributed by atoms with van der Waals surface area (Å²) in [7, 11) is 0. The third-order valence-electron chi connectivity index (χ3n) is 15.8. The topological polar surface area (TPSA) is 40.2 Å². The molecule has 60 heavy (non-hydrogen) atoms. The molecule has 0 aromatic heterocycles. The van der Waals surface area contributed by atoms with Crippen LogP contribution < -0.4 is 0 Å². The van der Waals surface area contributed by atoms with Gasteiger partial charge >= 0.3 is 0 Å². The average Bonchev–Trinajstić information content (AvgIpc) is 3.68. The van der Waals surface area contributed by atoms with Crippen molar-refractivity contribution < 1.29 is 18.9 Å². The molecule has 1 radical (unpaired) electrons. The van der Waals surface area contributed by atoms with Gasteiger partial charge in [-0.05, 0) is 170 Å². The van der Waals surface area contributed by atoms with Crippen molar-refractivity contribution in [1.29, 1.82) is 0 Å². The van der Waals surface area contributed by atoms with Gasteiger partial charge < -0.3 is 23.8 Å². The van der Waals surface area contributed by atoms with E-state index in [-0.39, 0.29) is 6.10 Å². The third-order valence-corrected chi connectivity index (χ3v) is 15.8. The summed E-state index contributed by atoms with van der Waals surface area (Å²) in [4.78, 5) is 2.58. The van der Waals surface area contributed by atoms with Gasteiger partial charge in [-0.3, -0.25) is 0 Å². The molecule has 3 saturated carbocycles. The van der Waals surface area contributed by atoms with Crippen molar-refractivity contribution in [2.75, 3.05) is 59.3 Å². The first-order valence-electron chi connectivity index (χ1n) is 26.4. The van der Waals surface area contributed by atoms with Gasteiger partial charge in [0, 0.05) is 13.2 Å². The van der Waals surface area contributed by atoms with Crippen LogP contribution in [0, 0.1) is 47.3 Å². The Bertz CT molecular complexity index is 1190. The molecular formula is C55H96NO4. The summed E-state index contributed by atoms with van der Waals surface area (Å²) in [5.41, 5.74) is 2.13. The largest absolute Gasteiger partial charge is 0.379 e. The molecule has 1 heterocycles. The fraction of sp³-hybridized carbons (Fsp3) is 0.873. The zero-order valence-corrected chi connectivity index (χ0v) is 39.9. The molecule has 5 nitrogen and oxygen atoms in total. The molecule has 4 aliphatic carbocycles. The molecule has 0 aromatic carbocycles. The number of rotatable bonds is 32. The molecule has 5 aliphatic rings. The molecule has 1 saturated heterocycles. The van der Waals surface area contributed by atoms with Gasteiger partial charge in [0.05, 0.1) is 45.2 Å². The number of hydrogen-bond acceptors (Lipinski definition) is 5. The van der Waals surface area contributed by atoms with E-state index < -0.39 is 0 Å². The Balaban J connectivity index is 0.889. The second-order valence-electron chi connectivity index (χ2n) is 20.7. The highest BCUT2D eigenvalue weighted by Gasteiger charge is 2.54. The zero-order chi connectivity index (χ0) is 42.1. The number of ether oxygens (including phenoxy) is 4. The molecule has 0 aromatic rings. The second kappa shape index (κ2) is 29.5. The Morgan fingerprint density at radius 1 is 0.717 bits per heavy atom. The molecule has 8 atom stereocenters.